The number of hydrogen-bond donors (Lipinski definition) is 2. The molecule has 1 aromatic carbocycles. The fourth-order valence-electron chi connectivity index (χ4n) is 1.81. The van der Waals surface area contributed by atoms with Crippen molar-refractivity contribution in [3.8, 4) is 5.75 Å². The quantitative estimate of drug-likeness (QED) is 0.742. The van der Waals surface area contributed by atoms with Crippen LogP contribution in [0.15, 0.2) is 24.3 Å². The van der Waals surface area contributed by atoms with Crippen LogP contribution in [0.5, 0.6) is 5.75 Å². The highest BCUT2D eigenvalue weighted by atomic mass is 16.5. The van der Waals surface area contributed by atoms with Crippen molar-refractivity contribution in [3.05, 3.63) is 29.8 Å². The van der Waals surface area contributed by atoms with Crippen molar-refractivity contribution in [2.75, 3.05) is 13.7 Å². The van der Waals surface area contributed by atoms with Gasteiger partial charge in [-0.25, -0.2) is 0 Å². The molecule has 4 heteroatoms. The summed E-state index contributed by atoms with van der Waals surface area (Å²) in [5.74, 6) is 0.734. The van der Waals surface area contributed by atoms with Crippen molar-refractivity contribution in [1.29, 1.82) is 0 Å². The van der Waals surface area contributed by atoms with E-state index in [1.54, 1.807) is 7.11 Å². The molecule has 2 rings (SSSR count). The lowest BCUT2D eigenvalue weighted by atomic mass is 9.95. The Bertz CT molecular complexity index is 342. The van der Waals surface area contributed by atoms with Gasteiger partial charge in [0.25, 0.3) is 0 Å². The standard InChI is InChI=1S/C11H15NO3/c1-14-6-9-11(13)10(12)7-4-2-3-5-8(7)15-9/h2-5,9-11,13H,6,12H2,1H3. The first-order valence-electron chi connectivity index (χ1n) is 4.92. The molecule has 1 aromatic rings. The van der Waals surface area contributed by atoms with Gasteiger partial charge >= 0.3 is 0 Å². The second-order valence-corrected chi connectivity index (χ2v) is 3.67. The lowest BCUT2D eigenvalue weighted by molar-refractivity contribution is -0.0356. The zero-order valence-corrected chi connectivity index (χ0v) is 8.59. The molecule has 1 heterocycles. The van der Waals surface area contributed by atoms with Crippen molar-refractivity contribution in [2.45, 2.75) is 18.2 Å². The minimum atomic E-state index is -0.722. The number of aliphatic hydroxyl groups excluding tert-OH is 1. The highest BCUT2D eigenvalue weighted by molar-refractivity contribution is 5.38. The van der Waals surface area contributed by atoms with Crippen LogP contribution in [0.3, 0.4) is 0 Å². The molecule has 0 saturated carbocycles. The number of para-hydroxylation sites is 1. The Labute approximate surface area is 88.6 Å². The minimum absolute atomic E-state index is 0.337. The summed E-state index contributed by atoms with van der Waals surface area (Å²) in [6, 6.07) is 7.07. The predicted octanol–water partition coefficient (Wildman–Crippen LogP) is 0.455. The topological polar surface area (TPSA) is 64.7 Å². The molecule has 1 aliphatic rings. The maximum absolute atomic E-state index is 9.89. The van der Waals surface area contributed by atoms with Gasteiger partial charge in [-0.05, 0) is 6.07 Å². The molecule has 0 saturated heterocycles. The molecule has 0 bridgehead atoms. The third-order valence-corrected chi connectivity index (χ3v) is 2.64. The summed E-state index contributed by atoms with van der Waals surface area (Å²) < 4.78 is 10.6. The largest absolute Gasteiger partial charge is 0.485 e. The van der Waals surface area contributed by atoms with Crippen molar-refractivity contribution in [2.24, 2.45) is 5.73 Å². The number of aliphatic hydroxyl groups is 1. The molecule has 3 unspecified atom stereocenters. The molecule has 82 valence electrons. The Morgan fingerprint density at radius 2 is 2.20 bits per heavy atom. The van der Waals surface area contributed by atoms with Gasteiger partial charge in [0.05, 0.1) is 12.6 Å². The van der Waals surface area contributed by atoms with E-state index in [1.807, 2.05) is 24.3 Å². The number of nitrogens with two attached hydrogens (primary N) is 1. The Hall–Kier alpha value is -1.10. The van der Waals surface area contributed by atoms with Crippen LogP contribution in [-0.4, -0.2) is 31.0 Å². The zero-order chi connectivity index (χ0) is 10.8. The van der Waals surface area contributed by atoms with E-state index in [0.29, 0.717) is 6.61 Å². The van der Waals surface area contributed by atoms with E-state index in [-0.39, 0.29) is 6.10 Å². The SMILES string of the molecule is COCC1Oc2ccccc2C(N)C1O. The van der Waals surface area contributed by atoms with Gasteiger partial charge in [-0.15, -0.1) is 0 Å². The van der Waals surface area contributed by atoms with Gasteiger partial charge in [0.2, 0.25) is 0 Å². The number of rotatable bonds is 2. The molecule has 0 spiro atoms. The van der Waals surface area contributed by atoms with Crippen LogP contribution in [0.25, 0.3) is 0 Å². The average molecular weight is 209 g/mol. The average Bonchev–Trinajstić information content (AvgIpc) is 2.26. The van der Waals surface area contributed by atoms with E-state index in [2.05, 4.69) is 0 Å². The molecule has 4 nitrogen and oxygen atoms in total. The zero-order valence-electron chi connectivity index (χ0n) is 8.59. The molecule has 3 N–H and O–H groups in total. The first-order chi connectivity index (χ1) is 7.24. The first-order valence-corrected chi connectivity index (χ1v) is 4.92. The molecular formula is C11H15NO3. The normalized spacial score (nSPS) is 29.4. The third kappa shape index (κ3) is 1.84. The van der Waals surface area contributed by atoms with Gasteiger partial charge in [-0.3, -0.25) is 0 Å². The Balaban J connectivity index is 2.28. The van der Waals surface area contributed by atoms with Crippen LogP contribution in [0, 0.1) is 0 Å². The summed E-state index contributed by atoms with van der Waals surface area (Å²) in [6.45, 7) is 0.337. The number of hydrogen-bond acceptors (Lipinski definition) is 4. The van der Waals surface area contributed by atoms with Crippen LogP contribution in [0.4, 0.5) is 0 Å². The van der Waals surface area contributed by atoms with Crippen LogP contribution in [-0.2, 0) is 4.74 Å². The van der Waals surface area contributed by atoms with Gasteiger partial charge < -0.3 is 20.3 Å². The van der Waals surface area contributed by atoms with Crippen LogP contribution in [0.1, 0.15) is 11.6 Å². The Morgan fingerprint density at radius 3 is 2.93 bits per heavy atom. The molecule has 0 aromatic heterocycles. The smallest absolute Gasteiger partial charge is 0.149 e. The number of benzene rings is 1. The van der Waals surface area contributed by atoms with Gasteiger partial charge in [0.1, 0.15) is 18.0 Å². The molecule has 3 atom stereocenters. The summed E-state index contributed by atoms with van der Waals surface area (Å²) >= 11 is 0. The highest BCUT2D eigenvalue weighted by Crippen LogP contribution is 2.33. The van der Waals surface area contributed by atoms with E-state index in [0.717, 1.165) is 11.3 Å². The highest BCUT2D eigenvalue weighted by Gasteiger charge is 2.34. The Morgan fingerprint density at radius 1 is 1.47 bits per heavy atom. The maximum atomic E-state index is 9.89. The fraction of sp³-hybridized carbons (Fsp3) is 0.455. The number of methoxy groups -OCH3 is 1. The monoisotopic (exact) mass is 209 g/mol. The van der Waals surface area contributed by atoms with E-state index >= 15 is 0 Å². The van der Waals surface area contributed by atoms with Crippen molar-refractivity contribution < 1.29 is 14.6 Å². The molecule has 0 fully saturated rings. The van der Waals surface area contributed by atoms with Gasteiger partial charge in [0.15, 0.2) is 0 Å². The maximum Gasteiger partial charge on any atom is 0.149 e. The van der Waals surface area contributed by atoms with Crippen LogP contribution < -0.4 is 10.5 Å². The molecule has 0 radical (unpaired) electrons. The fourth-order valence-corrected chi connectivity index (χ4v) is 1.81. The second-order valence-electron chi connectivity index (χ2n) is 3.67. The summed E-state index contributed by atoms with van der Waals surface area (Å²) in [7, 11) is 1.57. The molecule has 15 heavy (non-hydrogen) atoms. The van der Waals surface area contributed by atoms with E-state index in [9.17, 15) is 5.11 Å². The van der Waals surface area contributed by atoms with Crippen LogP contribution >= 0.6 is 0 Å². The summed E-state index contributed by atoms with van der Waals surface area (Å²) in [5.41, 5.74) is 6.77. The molecule has 1 aliphatic heterocycles. The van der Waals surface area contributed by atoms with E-state index in [4.69, 9.17) is 15.2 Å². The lowest BCUT2D eigenvalue weighted by Gasteiger charge is -2.34. The number of ether oxygens (including phenoxy) is 2. The minimum Gasteiger partial charge on any atom is -0.485 e. The van der Waals surface area contributed by atoms with E-state index < -0.39 is 12.1 Å². The summed E-state index contributed by atoms with van der Waals surface area (Å²) in [5, 5.41) is 9.89. The third-order valence-electron chi connectivity index (χ3n) is 2.64. The van der Waals surface area contributed by atoms with E-state index in [1.165, 1.54) is 0 Å². The van der Waals surface area contributed by atoms with Crippen molar-refractivity contribution >= 4 is 0 Å². The molecule has 0 amide bonds. The van der Waals surface area contributed by atoms with Gasteiger partial charge in [-0.1, -0.05) is 18.2 Å². The molecular weight excluding hydrogens is 194 g/mol. The van der Waals surface area contributed by atoms with Crippen LogP contribution in [0.2, 0.25) is 0 Å². The first kappa shape index (κ1) is 10.4. The Kier molecular flexibility index (Phi) is 2.90. The van der Waals surface area contributed by atoms with Gasteiger partial charge in [-0.2, -0.15) is 0 Å². The van der Waals surface area contributed by atoms with Crippen molar-refractivity contribution in [3.63, 3.8) is 0 Å². The predicted molar refractivity (Wildman–Crippen MR) is 55.7 cm³/mol. The number of fused-ring (bicyclic) bond motifs is 1. The van der Waals surface area contributed by atoms with Crippen molar-refractivity contribution in [1.82, 2.24) is 0 Å². The van der Waals surface area contributed by atoms with Gasteiger partial charge in [0, 0.05) is 12.7 Å². The summed E-state index contributed by atoms with van der Waals surface area (Å²) in [4.78, 5) is 0. The second kappa shape index (κ2) is 4.18. The summed E-state index contributed by atoms with van der Waals surface area (Å²) in [6.07, 6.45) is -1.11. The lowest BCUT2D eigenvalue weighted by Crippen LogP contribution is -2.46. The molecule has 0 aliphatic carbocycles.